The van der Waals surface area contributed by atoms with Crippen LogP contribution in [0.1, 0.15) is 30.5 Å². The van der Waals surface area contributed by atoms with Crippen molar-refractivity contribution in [1.29, 1.82) is 0 Å². The maximum Gasteiger partial charge on any atom is 0.0159 e. The topological polar surface area (TPSA) is 0 Å². The summed E-state index contributed by atoms with van der Waals surface area (Å²) in [5.74, 6) is 0. The van der Waals surface area contributed by atoms with Gasteiger partial charge in [0.15, 0.2) is 0 Å². The molecule has 0 atom stereocenters. The van der Waals surface area contributed by atoms with Crippen LogP contribution in [-0.2, 0) is 5.41 Å². The van der Waals surface area contributed by atoms with Crippen LogP contribution in [0.5, 0.6) is 0 Å². The van der Waals surface area contributed by atoms with E-state index in [1.54, 1.807) is 0 Å². The first-order valence-corrected chi connectivity index (χ1v) is 17.8. The van der Waals surface area contributed by atoms with Gasteiger partial charge in [0, 0.05) is 5.41 Å². The Bertz CT molecular complexity index is 3010. The molecule has 0 saturated heterocycles. The van der Waals surface area contributed by atoms with Crippen molar-refractivity contribution in [1.82, 2.24) is 0 Å². The van der Waals surface area contributed by atoms with Gasteiger partial charge in [0.25, 0.3) is 0 Å². The summed E-state index contributed by atoms with van der Waals surface area (Å²) in [7, 11) is 0. The molecule has 0 N–H and O–H groups in total. The fourth-order valence-electron chi connectivity index (χ4n) is 9.70. The van der Waals surface area contributed by atoms with Gasteiger partial charge in [-0.25, -0.2) is 0 Å². The van der Waals surface area contributed by atoms with Crippen molar-refractivity contribution in [2.45, 2.75) is 26.2 Å². The van der Waals surface area contributed by atoms with Gasteiger partial charge >= 0.3 is 0 Å². The molecule has 0 nitrogen and oxygen atoms in total. The quantitative estimate of drug-likeness (QED) is 0.131. The van der Waals surface area contributed by atoms with E-state index in [2.05, 4.69) is 172 Å². The predicted octanol–water partition coefficient (Wildman–Crippen LogP) is 14.0. The predicted molar refractivity (Wildman–Crippen MR) is 216 cm³/mol. The van der Waals surface area contributed by atoms with Crippen LogP contribution in [0.2, 0.25) is 0 Å². The molecule has 1 aliphatic carbocycles. The second kappa shape index (κ2) is 9.80. The molecular weight excluding hydrogens is 601 g/mol. The van der Waals surface area contributed by atoms with Crippen LogP contribution >= 0.6 is 0 Å². The van der Waals surface area contributed by atoms with Crippen LogP contribution in [0.25, 0.3) is 98.0 Å². The molecule has 0 fully saturated rings. The van der Waals surface area contributed by atoms with Crippen LogP contribution in [0.15, 0.2) is 152 Å². The van der Waals surface area contributed by atoms with Crippen LogP contribution in [0, 0.1) is 6.92 Å². The number of hydrogen-bond donors (Lipinski definition) is 0. The normalized spacial score (nSPS) is 13.7. The molecule has 0 radical (unpaired) electrons. The largest absolute Gasteiger partial charge is 0.0619 e. The summed E-state index contributed by atoms with van der Waals surface area (Å²) in [5.41, 5.74) is 12.0. The minimum Gasteiger partial charge on any atom is -0.0619 e. The Kier molecular flexibility index (Phi) is 5.47. The van der Waals surface area contributed by atoms with Crippen molar-refractivity contribution in [3.05, 3.63) is 168 Å². The average Bonchev–Trinajstić information content (AvgIpc) is 3.39. The molecule has 1 aliphatic rings. The molecule has 0 bridgehead atoms. The monoisotopic (exact) mass is 634 g/mol. The van der Waals surface area contributed by atoms with Gasteiger partial charge in [0.05, 0.1) is 0 Å². The Hall–Kier alpha value is -5.98. The molecule has 10 aromatic rings. The molecule has 11 rings (SSSR count). The van der Waals surface area contributed by atoms with Crippen molar-refractivity contribution in [3.63, 3.8) is 0 Å². The fraction of sp³-hybridized carbons (Fsp3) is 0.0800. The van der Waals surface area contributed by atoms with Gasteiger partial charge in [-0.2, -0.15) is 0 Å². The SMILES string of the molecule is Cc1ccc2c(-c3ccc4c5cccc6cccc(c7cccc3c74)c65)c3ccccc3c(-c3cccc4c3-c3ccccc3C4(C)C)c2c1. The summed E-state index contributed by atoms with van der Waals surface area (Å²) in [6.07, 6.45) is 0. The molecule has 50 heavy (non-hydrogen) atoms. The molecule has 10 aromatic carbocycles. The molecule has 0 unspecified atom stereocenters. The summed E-state index contributed by atoms with van der Waals surface area (Å²) >= 11 is 0. The molecule has 0 heterocycles. The Morgan fingerprint density at radius 1 is 0.340 bits per heavy atom. The lowest BCUT2D eigenvalue weighted by Gasteiger charge is -2.23. The maximum atomic E-state index is 2.42. The van der Waals surface area contributed by atoms with Gasteiger partial charge in [0.1, 0.15) is 0 Å². The maximum absolute atomic E-state index is 2.42. The van der Waals surface area contributed by atoms with E-state index in [1.165, 1.54) is 115 Å². The highest BCUT2D eigenvalue weighted by Crippen LogP contribution is 2.55. The van der Waals surface area contributed by atoms with Crippen molar-refractivity contribution >= 4 is 64.6 Å². The zero-order valence-corrected chi connectivity index (χ0v) is 28.4. The lowest BCUT2D eigenvalue weighted by molar-refractivity contribution is 0.660. The second-order valence-corrected chi connectivity index (χ2v) is 14.8. The number of hydrogen-bond acceptors (Lipinski definition) is 0. The average molecular weight is 635 g/mol. The Balaban J connectivity index is 1.30. The number of benzene rings is 10. The van der Waals surface area contributed by atoms with E-state index in [0.29, 0.717) is 0 Å². The van der Waals surface area contributed by atoms with E-state index < -0.39 is 0 Å². The van der Waals surface area contributed by atoms with E-state index in [4.69, 9.17) is 0 Å². The lowest BCUT2D eigenvalue weighted by Crippen LogP contribution is -2.14. The van der Waals surface area contributed by atoms with Gasteiger partial charge in [-0.05, 0) is 116 Å². The van der Waals surface area contributed by atoms with Gasteiger partial charge < -0.3 is 0 Å². The van der Waals surface area contributed by atoms with Crippen LogP contribution in [0.4, 0.5) is 0 Å². The minimum atomic E-state index is -0.0598. The van der Waals surface area contributed by atoms with Crippen molar-refractivity contribution < 1.29 is 0 Å². The van der Waals surface area contributed by atoms with Crippen LogP contribution < -0.4 is 0 Å². The van der Waals surface area contributed by atoms with E-state index in [-0.39, 0.29) is 5.41 Å². The third kappa shape index (κ3) is 3.51. The highest BCUT2D eigenvalue weighted by Gasteiger charge is 2.37. The van der Waals surface area contributed by atoms with Gasteiger partial charge in [0.2, 0.25) is 0 Å². The van der Waals surface area contributed by atoms with Crippen LogP contribution in [0.3, 0.4) is 0 Å². The molecule has 0 heteroatoms. The minimum absolute atomic E-state index is 0.0598. The van der Waals surface area contributed by atoms with E-state index in [0.717, 1.165) is 0 Å². The highest BCUT2D eigenvalue weighted by molar-refractivity contribution is 6.35. The lowest BCUT2D eigenvalue weighted by atomic mass is 9.80. The van der Waals surface area contributed by atoms with E-state index in [1.807, 2.05) is 0 Å². The Morgan fingerprint density at radius 2 is 0.860 bits per heavy atom. The fourth-order valence-corrected chi connectivity index (χ4v) is 9.70. The summed E-state index contributed by atoms with van der Waals surface area (Å²) in [6.45, 7) is 6.98. The van der Waals surface area contributed by atoms with Gasteiger partial charge in [-0.15, -0.1) is 0 Å². The third-order valence-electron chi connectivity index (χ3n) is 11.9. The molecule has 0 spiro atoms. The molecule has 0 amide bonds. The molecule has 234 valence electrons. The summed E-state index contributed by atoms with van der Waals surface area (Å²) in [6, 6.07) is 57.4. The van der Waals surface area contributed by atoms with Gasteiger partial charge in [-0.3, -0.25) is 0 Å². The first-order valence-electron chi connectivity index (χ1n) is 17.8. The Labute approximate surface area is 291 Å². The molecule has 0 saturated carbocycles. The second-order valence-electron chi connectivity index (χ2n) is 14.8. The standard InChI is InChI=1S/C50H34/c1-29-24-25-39-42(28-29)48(41-21-11-23-44-49(41)40-16-6-7-22-43(40)50(44,2)3)34-15-5-4-14-33(34)47(39)38-27-26-37-32-18-9-13-30-12-8-17-31(45(30)32)35-19-10-20-36(38)46(35)37/h4-28H,1-3H3. The van der Waals surface area contributed by atoms with Crippen molar-refractivity contribution in [2.75, 3.05) is 0 Å². The molecule has 0 aliphatic heterocycles. The zero-order valence-electron chi connectivity index (χ0n) is 28.4. The van der Waals surface area contributed by atoms with E-state index in [9.17, 15) is 0 Å². The third-order valence-corrected chi connectivity index (χ3v) is 11.9. The number of rotatable bonds is 2. The number of fused-ring (bicyclic) bond motifs is 7. The first kappa shape index (κ1) is 27.9. The van der Waals surface area contributed by atoms with E-state index >= 15 is 0 Å². The van der Waals surface area contributed by atoms with Crippen molar-refractivity contribution in [3.8, 4) is 33.4 Å². The van der Waals surface area contributed by atoms with Crippen LogP contribution in [-0.4, -0.2) is 0 Å². The summed E-state index contributed by atoms with van der Waals surface area (Å²) in [5, 5.41) is 15.8. The summed E-state index contributed by atoms with van der Waals surface area (Å²) < 4.78 is 0. The van der Waals surface area contributed by atoms with Crippen molar-refractivity contribution in [2.24, 2.45) is 0 Å². The van der Waals surface area contributed by atoms with Gasteiger partial charge in [-0.1, -0.05) is 171 Å². The highest BCUT2D eigenvalue weighted by atomic mass is 14.4. The summed E-state index contributed by atoms with van der Waals surface area (Å²) in [4.78, 5) is 0. The Morgan fingerprint density at radius 3 is 1.64 bits per heavy atom. The zero-order chi connectivity index (χ0) is 33.3. The molecule has 0 aromatic heterocycles. The molecular formula is C50H34. The number of aryl methyl sites for hydroxylation is 1. The first-order chi connectivity index (χ1) is 24.5. The smallest absolute Gasteiger partial charge is 0.0159 e.